The number of benzene rings is 2. The van der Waals surface area contributed by atoms with Gasteiger partial charge < -0.3 is 9.88 Å². The summed E-state index contributed by atoms with van der Waals surface area (Å²) in [5.74, 6) is 0.523. The molecular weight excluding hydrogens is 382 g/mol. The molecule has 1 amide bonds. The van der Waals surface area contributed by atoms with E-state index in [4.69, 9.17) is 16.9 Å². The number of nitriles is 1. The van der Waals surface area contributed by atoms with Crippen LogP contribution in [0, 0.1) is 11.3 Å². The van der Waals surface area contributed by atoms with Crippen molar-refractivity contribution < 1.29 is 4.79 Å². The zero-order valence-electron chi connectivity index (χ0n) is 14.7. The molecule has 0 saturated heterocycles. The number of carbonyl (C=O) groups is 1. The first-order valence-electron chi connectivity index (χ1n) is 8.11. The van der Waals surface area contributed by atoms with Gasteiger partial charge in [-0.05, 0) is 49.4 Å². The van der Waals surface area contributed by atoms with Crippen LogP contribution in [0.4, 0.5) is 5.69 Å². The number of aromatic nitrogens is 3. The molecule has 0 fully saturated rings. The van der Waals surface area contributed by atoms with E-state index in [9.17, 15) is 4.79 Å². The standard InChI is InChI=1S/C19H16ClN5OS/c1-12(18(26)22-16-5-3-4-13(10-16)11-21)27-19-24-23-17(25(19)2)14-6-8-15(20)9-7-14/h3-10,12H,1-2H3,(H,22,26). The fraction of sp³-hybridized carbons (Fsp3) is 0.158. The van der Waals surface area contributed by atoms with E-state index in [1.807, 2.05) is 23.7 Å². The van der Waals surface area contributed by atoms with E-state index in [2.05, 4.69) is 21.6 Å². The van der Waals surface area contributed by atoms with Gasteiger partial charge in [0.15, 0.2) is 11.0 Å². The lowest BCUT2D eigenvalue weighted by Gasteiger charge is -2.12. The Kier molecular flexibility index (Phi) is 5.79. The molecule has 0 aliphatic heterocycles. The van der Waals surface area contributed by atoms with Crippen molar-refractivity contribution in [3.05, 3.63) is 59.1 Å². The van der Waals surface area contributed by atoms with Crippen LogP contribution in [0.15, 0.2) is 53.7 Å². The Hall–Kier alpha value is -2.82. The van der Waals surface area contributed by atoms with Crippen LogP contribution in [-0.2, 0) is 11.8 Å². The van der Waals surface area contributed by atoms with Crippen LogP contribution in [0.25, 0.3) is 11.4 Å². The summed E-state index contributed by atoms with van der Waals surface area (Å²) in [4.78, 5) is 12.5. The first-order chi connectivity index (χ1) is 13.0. The molecule has 136 valence electrons. The molecule has 1 N–H and O–H groups in total. The van der Waals surface area contributed by atoms with Crippen LogP contribution < -0.4 is 5.32 Å². The van der Waals surface area contributed by atoms with Gasteiger partial charge in [0.25, 0.3) is 0 Å². The van der Waals surface area contributed by atoms with E-state index in [1.165, 1.54) is 11.8 Å². The largest absolute Gasteiger partial charge is 0.325 e. The van der Waals surface area contributed by atoms with E-state index in [1.54, 1.807) is 43.3 Å². The van der Waals surface area contributed by atoms with Crippen molar-refractivity contribution in [1.29, 1.82) is 5.26 Å². The summed E-state index contributed by atoms with van der Waals surface area (Å²) in [6, 6.07) is 16.2. The maximum atomic E-state index is 12.5. The summed E-state index contributed by atoms with van der Waals surface area (Å²) >= 11 is 7.24. The lowest BCUT2D eigenvalue weighted by molar-refractivity contribution is -0.115. The van der Waals surface area contributed by atoms with Gasteiger partial charge in [-0.2, -0.15) is 5.26 Å². The minimum atomic E-state index is -0.392. The Morgan fingerprint density at radius 1 is 1.26 bits per heavy atom. The second-order valence-corrected chi connectivity index (χ2v) is 7.56. The normalized spacial score (nSPS) is 11.6. The van der Waals surface area contributed by atoms with Gasteiger partial charge in [0, 0.05) is 23.3 Å². The van der Waals surface area contributed by atoms with Crippen LogP contribution in [0.1, 0.15) is 12.5 Å². The van der Waals surface area contributed by atoms with Crippen molar-refractivity contribution in [2.45, 2.75) is 17.3 Å². The maximum absolute atomic E-state index is 12.5. The fourth-order valence-corrected chi connectivity index (χ4v) is 3.33. The van der Waals surface area contributed by atoms with Crippen molar-refractivity contribution in [3.8, 4) is 17.5 Å². The molecule has 1 unspecified atom stereocenters. The monoisotopic (exact) mass is 397 g/mol. The van der Waals surface area contributed by atoms with Gasteiger partial charge in [-0.3, -0.25) is 4.79 Å². The molecule has 27 heavy (non-hydrogen) atoms. The number of anilines is 1. The molecule has 6 nitrogen and oxygen atoms in total. The number of hydrogen-bond acceptors (Lipinski definition) is 5. The van der Waals surface area contributed by atoms with Crippen molar-refractivity contribution in [3.63, 3.8) is 0 Å². The summed E-state index contributed by atoms with van der Waals surface area (Å²) in [6.07, 6.45) is 0. The third kappa shape index (κ3) is 4.48. The average molecular weight is 398 g/mol. The number of hydrogen-bond donors (Lipinski definition) is 1. The Labute approximate surface area is 166 Å². The molecule has 0 aliphatic carbocycles. The predicted octanol–water partition coefficient (Wildman–Crippen LogP) is 4.13. The number of halogens is 1. The lowest BCUT2D eigenvalue weighted by atomic mass is 10.2. The second-order valence-electron chi connectivity index (χ2n) is 5.81. The fourth-order valence-electron chi connectivity index (χ4n) is 2.39. The van der Waals surface area contributed by atoms with Crippen LogP contribution in [0.2, 0.25) is 5.02 Å². The summed E-state index contributed by atoms with van der Waals surface area (Å²) in [5.41, 5.74) is 1.98. The summed E-state index contributed by atoms with van der Waals surface area (Å²) in [5, 5.41) is 21.1. The van der Waals surface area contributed by atoms with Crippen LogP contribution in [-0.4, -0.2) is 25.9 Å². The Morgan fingerprint density at radius 3 is 2.70 bits per heavy atom. The molecule has 1 atom stereocenters. The first-order valence-corrected chi connectivity index (χ1v) is 9.36. The highest BCUT2D eigenvalue weighted by Gasteiger charge is 2.19. The average Bonchev–Trinajstić information content (AvgIpc) is 3.03. The van der Waals surface area contributed by atoms with E-state index in [0.717, 1.165) is 5.56 Å². The molecule has 2 aromatic carbocycles. The zero-order valence-corrected chi connectivity index (χ0v) is 16.3. The summed E-state index contributed by atoms with van der Waals surface area (Å²) in [7, 11) is 1.85. The molecule has 3 rings (SSSR count). The van der Waals surface area contributed by atoms with Gasteiger partial charge in [0.2, 0.25) is 5.91 Å². The molecule has 0 spiro atoms. The summed E-state index contributed by atoms with van der Waals surface area (Å²) in [6.45, 7) is 1.80. The predicted molar refractivity (Wildman–Crippen MR) is 107 cm³/mol. The molecule has 3 aromatic rings. The molecule has 0 radical (unpaired) electrons. The summed E-state index contributed by atoms with van der Waals surface area (Å²) < 4.78 is 1.84. The van der Waals surface area contributed by atoms with Gasteiger partial charge >= 0.3 is 0 Å². The third-order valence-electron chi connectivity index (χ3n) is 3.85. The molecule has 1 heterocycles. The van der Waals surface area contributed by atoms with Gasteiger partial charge in [-0.1, -0.05) is 29.4 Å². The van der Waals surface area contributed by atoms with Gasteiger partial charge in [-0.25, -0.2) is 0 Å². The van der Waals surface area contributed by atoms with Crippen molar-refractivity contribution >= 4 is 35.0 Å². The van der Waals surface area contributed by atoms with Gasteiger partial charge in [0.05, 0.1) is 16.9 Å². The van der Waals surface area contributed by atoms with Crippen LogP contribution >= 0.6 is 23.4 Å². The van der Waals surface area contributed by atoms with E-state index in [-0.39, 0.29) is 5.91 Å². The first kappa shape index (κ1) is 19.0. The Balaban J connectivity index is 1.70. The van der Waals surface area contributed by atoms with E-state index < -0.39 is 5.25 Å². The number of carbonyl (C=O) groups excluding carboxylic acids is 1. The minimum absolute atomic E-state index is 0.175. The van der Waals surface area contributed by atoms with Crippen molar-refractivity contribution in [2.24, 2.45) is 7.05 Å². The quantitative estimate of drug-likeness (QED) is 0.654. The van der Waals surface area contributed by atoms with Crippen molar-refractivity contribution in [2.75, 3.05) is 5.32 Å². The van der Waals surface area contributed by atoms with E-state index in [0.29, 0.717) is 27.3 Å². The highest BCUT2D eigenvalue weighted by Crippen LogP contribution is 2.27. The second kappa shape index (κ2) is 8.25. The van der Waals surface area contributed by atoms with Crippen LogP contribution in [0.3, 0.4) is 0 Å². The van der Waals surface area contributed by atoms with Crippen LogP contribution in [0.5, 0.6) is 0 Å². The minimum Gasteiger partial charge on any atom is -0.325 e. The molecule has 8 heteroatoms. The lowest BCUT2D eigenvalue weighted by Crippen LogP contribution is -2.22. The molecule has 0 saturated carbocycles. The number of nitrogens with one attached hydrogen (secondary N) is 1. The van der Waals surface area contributed by atoms with E-state index >= 15 is 0 Å². The van der Waals surface area contributed by atoms with Crippen molar-refractivity contribution in [1.82, 2.24) is 14.8 Å². The number of rotatable bonds is 5. The molecular formula is C19H16ClN5OS. The van der Waals surface area contributed by atoms with Gasteiger partial charge in [0.1, 0.15) is 0 Å². The smallest absolute Gasteiger partial charge is 0.237 e. The SMILES string of the molecule is CC(Sc1nnc(-c2ccc(Cl)cc2)n1C)C(=O)Nc1cccc(C#N)c1. The van der Waals surface area contributed by atoms with Gasteiger partial charge in [-0.15, -0.1) is 10.2 Å². The highest BCUT2D eigenvalue weighted by atomic mass is 35.5. The number of nitrogens with zero attached hydrogens (tertiary/aromatic N) is 4. The highest BCUT2D eigenvalue weighted by molar-refractivity contribution is 8.00. The Bertz CT molecular complexity index is 1010. The molecule has 1 aromatic heterocycles. The topological polar surface area (TPSA) is 83.6 Å². The third-order valence-corrected chi connectivity index (χ3v) is 5.23. The number of amides is 1. The molecule has 0 aliphatic rings. The molecule has 0 bridgehead atoms. The number of thioether (sulfide) groups is 1. The zero-order chi connectivity index (χ0) is 19.4. The maximum Gasteiger partial charge on any atom is 0.237 e. The Morgan fingerprint density at radius 2 is 2.00 bits per heavy atom.